The fourth-order valence-corrected chi connectivity index (χ4v) is 3.91. The molecule has 3 aromatic rings. The number of nitrogens with zero attached hydrogens (tertiary/aromatic N) is 2. The Kier molecular flexibility index (Phi) is 7.39. The lowest BCUT2D eigenvalue weighted by Gasteiger charge is -2.34. The highest BCUT2D eigenvalue weighted by atomic mass is 19.1. The third-order valence-corrected chi connectivity index (χ3v) is 5.75. The fourth-order valence-electron chi connectivity index (χ4n) is 3.91. The van der Waals surface area contributed by atoms with Gasteiger partial charge in [-0.3, -0.25) is 14.5 Å². The van der Waals surface area contributed by atoms with E-state index in [2.05, 4.69) is 15.3 Å². The van der Waals surface area contributed by atoms with Gasteiger partial charge in [-0.05, 0) is 42.5 Å². The van der Waals surface area contributed by atoms with Crippen molar-refractivity contribution in [3.05, 3.63) is 93.4 Å². The Labute approximate surface area is 200 Å². The van der Waals surface area contributed by atoms with Crippen LogP contribution in [-0.2, 0) is 17.9 Å². The molecule has 1 fully saturated rings. The van der Waals surface area contributed by atoms with Crippen molar-refractivity contribution in [2.45, 2.75) is 38.5 Å². The molecule has 2 heterocycles. The van der Waals surface area contributed by atoms with Crippen molar-refractivity contribution in [1.82, 2.24) is 20.2 Å². The van der Waals surface area contributed by atoms with E-state index in [1.165, 1.54) is 29.2 Å². The van der Waals surface area contributed by atoms with Crippen molar-refractivity contribution in [2.75, 3.05) is 6.54 Å². The van der Waals surface area contributed by atoms with Crippen LogP contribution in [0.4, 0.5) is 9.18 Å². The highest BCUT2D eigenvalue weighted by molar-refractivity contribution is 5.94. The largest absolute Gasteiger partial charge is 0.501 e. The monoisotopic (exact) mass is 480 g/mol. The number of rotatable bonds is 6. The van der Waals surface area contributed by atoms with Crippen LogP contribution in [0.25, 0.3) is 0 Å². The van der Waals surface area contributed by atoms with E-state index < -0.39 is 40.9 Å². The number of aromatic amines is 1. The molecule has 4 rings (SSSR count). The second-order valence-corrected chi connectivity index (χ2v) is 8.20. The average molecular weight is 480 g/mol. The summed E-state index contributed by atoms with van der Waals surface area (Å²) in [5.74, 6) is -1.90. The first-order chi connectivity index (χ1) is 16.9. The van der Waals surface area contributed by atoms with Crippen LogP contribution >= 0.6 is 0 Å². The minimum absolute atomic E-state index is 0.0454. The minimum Gasteiger partial charge on any atom is -0.501 e. The molecule has 10 heteroatoms. The van der Waals surface area contributed by atoms with E-state index in [4.69, 9.17) is 4.74 Å². The number of piperidine rings is 1. The molecule has 1 atom stereocenters. The SMILES string of the molecule is O=C(NCc1ccc(F)cc1)c1nc(C2CCCCN2C(=O)OCc2ccccc2)[nH]c(=O)c1O. The molecule has 1 saturated heterocycles. The van der Waals surface area contributed by atoms with Crippen LogP contribution in [0.3, 0.4) is 0 Å². The van der Waals surface area contributed by atoms with Crippen LogP contribution in [-0.4, -0.2) is 38.5 Å². The van der Waals surface area contributed by atoms with Gasteiger partial charge in [0, 0.05) is 13.1 Å². The molecule has 1 aliphatic heterocycles. The molecule has 2 amide bonds. The third-order valence-electron chi connectivity index (χ3n) is 5.75. The van der Waals surface area contributed by atoms with Gasteiger partial charge in [0.05, 0.1) is 6.04 Å². The van der Waals surface area contributed by atoms with Gasteiger partial charge in [0.1, 0.15) is 18.2 Å². The highest BCUT2D eigenvalue weighted by Gasteiger charge is 2.32. The molecule has 2 aromatic carbocycles. The summed E-state index contributed by atoms with van der Waals surface area (Å²) in [5, 5.41) is 12.8. The van der Waals surface area contributed by atoms with Crippen LogP contribution in [0.5, 0.6) is 5.75 Å². The van der Waals surface area contributed by atoms with E-state index in [1.807, 2.05) is 30.3 Å². The molecule has 1 unspecified atom stereocenters. The first kappa shape index (κ1) is 23.9. The number of nitrogens with one attached hydrogen (secondary N) is 2. The van der Waals surface area contributed by atoms with E-state index in [1.54, 1.807) is 0 Å². The average Bonchev–Trinajstić information content (AvgIpc) is 2.89. The molecule has 35 heavy (non-hydrogen) atoms. The lowest BCUT2D eigenvalue weighted by atomic mass is 10.0. The van der Waals surface area contributed by atoms with E-state index in [9.17, 15) is 23.9 Å². The van der Waals surface area contributed by atoms with Crippen molar-refractivity contribution in [3.8, 4) is 5.75 Å². The Morgan fingerprint density at radius 3 is 2.60 bits per heavy atom. The molecule has 1 aliphatic rings. The highest BCUT2D eigenvalue weighted by Crippen LogP contribution is 2.30. The van der Waals surface area contributed by atoms with E-state index in [-0.39, 0.29) is 19.0 Å². The zero-order chi connectivity index (χ0) is 24.8. The van der Waals surface area contributed by atoms with Gasteiger partial charge >= 0.3 is 6.09 Å². The van der Waals surface area contributed by atoms with Gasteiger partial charge in [-0.2, -0.15) is 0 Å². The molecular weight excluding hydrogens is 455 g/mol. The number of carbonyl (C=O) groups excluding carboxylic acids is 2. The summed E-state index contributed by atoms with van der Waals surface area (Å²) in [6.07, 6.45) is 1.48. The Morgan fingerprint density at radius 1 is 1.11 bits per heavy atom. The number of H-pyrrole nitrogens is 1. The quantitative estimate of drug-likeness (QED) is 0.497. The standard InChI is InChI=1S/C25H25FN4O5/c26-18-11-9-16(10-12-18)14-27-23(32)20-21(31)24(33)29-22(28-20)19-8-4-5-13-30(19)25(34)35-15-17-6-2-1-3-7-17/h1-3,6-7,9-12,19,31H,4-5,8,13-15H2,(H,27,32)(H,28,29,33). The topological polar surface area (TPSA) is 125 Å². The molecule has 0 saturated carbocycles. The number of likely N-dealkylation sites (tertiary alicyclic amines) is 1. The maximum absolute atomic E-state index is 13.1. The fraction of sp³-hybridized carbons (Fsp3) is 0.280. The van der Waals surface area contributed by atoms with Crippen molar-refractivity contribution >= 4 is 12.0 Å². The van der Waals surface area contributed by atoms with Crippen LogP contribution in [0.2, 0.25) is 0 Å². The summed E-state index contributed by atoms with van der Waals surface area (Å²) in [6.45, 7) is 0.540. The first-order valence-corrected chi connectivity index (χ1v) is 11.3. The van der Waals surface area contributed by atoms with Gasteiger partial charge < -0.3 is 20.1 Å². The molecule has 1 aromatic heterocycles. The number of carbonyl (C=O) groups is 2. The van der Waals surface area contributed by atoms with Gasteiger partial charge in [0.25, 0.3) is 11.5 Å². The van der Waals surface area contributed by atoms with Gasteiger partial charge in [-0.25, -0.2) is 14.2 Å². The maximum Gasteiger partial charge on any atom is 0.410 e. The van der Waals surface area contributed by atoms with E-state index in [0.29, 0.717) is 18.5 Å². The number of halogens is 1. The molecule has 0 bridgehead atoms. The number of hydrogen-bond donors (Lipinski definition) is 3. The number of ether oxygens (including phenoxy) is 1. The first-order valence-electron chi connectivity index (χ1n) is 11.3. The normalized spacial score (nSPS) is 15.5. The number of benzene rings is 2. The molecule has 182 valence electrons. The molecular formula is C25H25FN4O5. The number of aromatic nitrogens is 2. The van der Waals surface area contributed by atoms with Crippen LogP contribution in [0.1, 0.15) is 52.7 Å². The third kappa shape index (κ3) is 5.84. The Hall–Kier alpha value is -4.21. The minimum atomic E-state index is -0.884. The summed E-state index contributed by atoms with van der Waals surface area (Å²) in [4.78, 5) is 46.1. The summed E-state index contributed by atoms with van der Waals surface area (Å²) in [5.41, 5.74) is 0.133. The second-order valence-electron chi connectivity index (χ2n) is 8.20. The molecule has 0 aliphatic carbocycles. The van der Waals surface area contributed by atoms with Crippen molar-refractivity contribution in [2.24, 2.45) is 0 Å². The lowest BCUT2D eigenvalue weighted by molar-refractivity contribution is 0.0656. The maximum atomic E-state index is 13.1. The predicted octanol–water partition coefficient (Wildman–Crippen LogP) is 3.41. The van der Waals surface area contributed by atoms with Gasteiger partial charge in [0.2, 0.25) is 5.75 Å². The van der Waals surface area contributed by atoms with Gasteiger partial charge in [-0.15, -0.1) is 0 Å². The summed E-state index contributed by atoms with van der Waals surface area (Å²) in [7, 11) is 0. The van der Waals surface area contributed by atoms with Crippen LogP contribution in [0, 0.1) is 5.82 Å². The smallest absolute Gasteiger partial charge is 0.410 e. The van der Waals surface area contributed by atoms with Crippen molar-refractivity contribution in [3.63, 3.8) is 0 Å². The summed E-state index contributed by atoms with van der Waals surface area (Å²) in [6, 6.07) is 14.2. The number of amides is 2. The molecule has 0 spiro atoms. The predicted molar refractivity (Wildman–Crippen MR) is 124 cm³/mol. The van der Waals surface area contributed by atoms with E-state index >= 15 is 0 Å². The van der Waals surface area contributed by atoms with E-state index in [0.717, 1.165) is 18.4 Å². The molecule has 0 radical (unpaired) electrons. The van der Waals surface area contributed by atoms with Crippen molar-refractivity contribution < 1.29 is 23.8 Å². The molecule has 9 nitrogen and oxygen atoms in total. The summed E-state index contributed by atoms with van der Waals surface area (Å²) >= 11 is 0. The second kappa shape index (κ2) is 10.8. The Bertz CT molecular complexity index is 1250. The zero-order valence-corrected chi connectivity index (χ0v) is 18.9. The molecule has 3 N–H and O–H groups in total. The Balaban J connectivity index is 1.51. The number of hydrogen-bond acceptors (Lipinski definition) is 6. The van der Waals surface area contributed by atoms with Gasteiger partial charge in [0.15, 0.2) is 5.69 Å². The summed E-state index contributed by atoms with van der Waals surface area (Å²) < 4.78 is 18.5. The lowest BCUT2D eigenvalue weighted by Crippen LogP contribution is -2.40. The van der Waals surface area contributed by atoms with Crippen LogP contribution in [0.15, 0.2) is 59.4 Å². The Morgan fingerprint density at radius 2 is 1.86 bits per heavy atom. The van der Waals surface area contributed by atoms with Crippen molar-refractivity contribution in [1.29, 1.82) is 0 Å². The van der Waals surface area contributed by atoms with Crippen LogP contribution < -0.4 is 10.9 Å². The number of aromatic hydroxyl groups is 1. The van der Waals surface area contributed by atoms with Gasteiger partial charge in [-0.1, -0.05) is 42.5 Å². The zero-order valence-electron chi connectivity index (χ0n) is 18.9.